The van der Waals surface area contributed by atoms with Crippen LogP contribution in [0.15, 0.2) is 0 Å². The van der Waals surface area contributed by atoms with Crippen LogP contribution < -0.4 is 5.32 Å². The molecule has 0 atom stereocenters. The van der Waals surface area contributed by atoms with Crippen LogP contribution in [-0.2, 0) is 13.0 Å². The molecule has 0 radical (unpaired) electrons. The summed E-state index contributed by atoms with van der Waals surface area (Å²) in [5, 5.41) is 4.48. The number of anilines is 1. The quantitative estimate of drug-likeness (QED) is 0.852. The van der Waals surface area contributed by atoms with Gasteiger partial charge in [0, 0.05) is 30.9 Å². The molecule has 3 nitrogen and oxygen atoms in total. The molecule has 0 bridgehead atoms. The molecular formula is C11H19N3S. The van der Waals surface area contributed by atoms with Crippen molar-refractivity contribution in [3.05, 3.63) is 10.6 Å². The second-order valence-corrected chi connectivity index (χ2v) is 5.02. The van der Waals surface area contributed by atoms with E-state index in [-0.39, 0.29) is 0 Å². The maximum atomic E-state index is 4.64. The molecular weight excluding hydrogens is 206 g/mol. The molecule has 0 fully saturated rings. The van der Waals surface area contributed by atoms with E-state index in [0.29, 0.717) is 0 Å². The van der Waals surface area contributed by atoms with Crippen molar-refractivity contribution in [3.63, 3.8) is 0 Å². The Morgan fingerprint density at radius 1 is 1.47 bits per heavy atom. The number of nitrogens with zero attached hydrogens (tertiary/aromatic N) is 2. The molecule has 0 aromatic carbocycles. The SMILES string of the molecule is CCCNc1nc2c(s1)CN(CC)CC2. The second-order valence-electron chi connectivity index (χ2n) is 3.93. The Labute approximate surface area is 95.5 Å². The maximum Gasteiger partial charge on any atom is 0.183 e. The van der Waals surface area contributed by atoms with Crippen LogP contribution in [-0.4, -0.2) is 29.5 Å². The summed E-state index contributed by atoms with van der Waals surface area (Å²) in [7, 11) is 0. The number of likely N-dealkylation sites (N-methyl/N-ethyl adjacent to an activating group) is 1. The first-order valence-corrected chi connectivity index (χ1v) is 6.60. The van der Waals surface area contributed by atoms with E-state index in [1.165, 1.54) is 17.1 Å². The van der Waals surface area contributed by atoms with Gasteiger partial charge in [-0.2, -0.15) is 0 Å². The van der Waals surface area contributed by atoms with Crippen LogP contribution in [0.1, 0.15) is 30.8 Å². The first-order valence-electron chi connectivity index (χ1n) is 5.78. The Morgan fingerprint density at radius 3 is 3.07 bits per heavy atom. The number of rotatable bonds is 4. The number of fused-ring (bicyclic) bond motifs is 1. The van der Waals surface area contributed by atoms with Gasteiger partial charge in [-0.15, -0.1) is 11.3 Å². The first-order chi connectivity index (χ1) is 7.33. The minimum Gasteiger partial charge on any atom is -0.362 e. The van der Waals surface area contributed by atoms with Gasteiger partial charge in [-0.1, -0.05) is 13.8 Å². The van der Waals surface area contributed by atoms with E-state index < -0.39 is 0 Å². The average molecular weight is 225 g/mol. The van der Waals surface area contributed by atoms with Gasteiger partial charge in [0.05, 0.1) is 5.69 Å². The first kappa shape index (κ1) is 10.9. The fourth-order valence-corrected chi connectivity index (χ4v) is 2.90. The smallest absolute Gasteiger partial charge is 0.183 e. The summed E-state index contributed by atoms with van der Waals surface area (Å²) in [5.41, 5.74) is 1.32. The highest BCUT2D eigenvalue weighted by atomic mass is 32.1. The van der Waals surface area contributed by atoms with Gasteiger partial charge < -0.3 is 5.32 Å². The zero-order valence-corrected chi connectivity index (χ0v) is 10.4. The molecule has 2 heterocycles. The predicted octanol–water partition coefficient (Wildman–Crippen LogP) is 2.34. The van der Waals surface area contributed by atoms with Crippen molar-refractivity contribution in [3.8, 4) is 0 Å². The molecule has 0 unspecified atom stereocenters. The largest absolute Gasteiger partial charge is 0.362 e. The Morgan fingerprint density at radius 2 is 2.33 bits per heavy atom. The minimum atomic E-state index is 1.03. The van der Waals surface area contributed by atoms with Gasteiger partial charge in [0.15, 0.2) is 5.13 Å². The lowest BCUT2D eigenvalue weighted by molar-refractivity contribution is 0.270. The van der Waals surface area contributed by atoms with E-state index in [2.05, 4.69) is 29.0 Å². The van der Waals surface area contributed by atoms with Crippen LogP contribution in [0, 0.1) is 0 Å². The number of aromatic nitrogens is 1. The summed E-state index contributed by atoms with van der Waals surface area (Å²) in [5.74, 6) is 0. The van der Waals surface area contributed by atoms with Crippen molar-refractivity contribution < 1.29 is 0 Å². The van der Waals surface area contributed by atoms with Gasteiger partial charge in [-0.25, -0.2) is 4.98 Å². The van der Waals surface area contributed by atoms with E-state index in [1.807, 2.05) is 11.3 Å². The van der Waals surface area contributed by atoms with Gasteiger partial charge in [0.1, 0.15) is 0 Å². The van der Waals surface area contributed by atoms with E-state index in [4.69, 9.17) is 0 Å². The fourth-order valence-electron chi connectivity index (χ4n) is 1.83. The summed E-state index contributed by atoms with van der Waals surface area (Å²) in [6.07, 6.45) is 2.28. The summed E-state index contributed by atoms with van der Waals surface area (Å²) in [4.78, 5) is 8.57. The van der Waals surface area contributed by atoms with E-state index in [0.717, 1.165) is 37.6 Å². The number of hydrogen-bond donors (Lipinski definition) is 1. The Hall–Kier alpha value is -0.610. The highest BCUT2D eigenvalue weighted by Gasteiger charge is 2.19. The molecule has 0 aliphatic carbocycles. The third-order valence-corrected chi connectivity index (χ3v) is 3.82. The molecule has 0 saturated carbocycles. The molecule has 84 valence electrons. The molecule has 0 saturated heterocycles. The summed E-state index contributed by atoms with van der Waals surface area (Å²) >= 11 is 1.83. The standard InChI is InChI=1S/C11H19N3S/c1-3-6-12-11-13-9-5-7-14(4-2)8-10(9)15-11/h3-8H2,1-2H3,(H,12,13). The molecule has 1 aliphatic rings. The van der Waals surface area contributed by atoms with Crippen LogP contribution in [0.2, 0.25) is 0 Å². The molecule has 2 rings (SSSR count). The predicted molar refractivity (Wildman–Crippen MR) is 65.5 cm³/mol. The van der Waals surface area contributed by atoms with Crippen LogP contribution in [0.4, 0.5) is 5.13 Å². The number of hydrogen-bond acceptors (Lipinski definition) is 4. The highest BCUT2D eigenvalue weighted by molar-refractivity contribution is 7.15. The molecule has 1 aliphatic heterocycles. The Bertz CT molecular complexity index is 322. The zero-order valence-electron chi connectivity index (χ0n) is 9.55. The van der Waals surface area contributed by atoms with Crippen LogP contribution in [0.25, 0.3) is 0 Å². The Balaban J connectivity index is 2.04. The molecule has 0 spiro atoms. The van der Waals surface area contributed by atoms with E-state index in [9.17, 15) is 0 Å². The van der Waals surface area contributed by atoms with Crippen molar-refractivity contribution in [2.75, 3.05) is 25.0 Å². The lowest BCUT2D eigenvalue weighted by atomic mass is 10.2. The molecule has 15 heavy (non-hydrogen) atoms. The maximum absolute atomic E-state index is 4.64. The lowest BCUT2D eigenvalue weighted by Crippen LogP contribution is -2.29. The summed E-state index contributed by atoms with van der Waals surface area (Å²) in [6, 6.07) is 0. The number of thiazole rings is 1. The second kappa shape index (κ2) is 4.94. The topological polar surface area (TPSA) is 28.2 Å². The van der Waals surface area contributed by atoms with Crippen molar-refractivity contribution >= 4 is 16.5 Å². The fraction of sp³-hybridized carbons (Fsp3) is 0.727. The van der Waals surface area contributed by atoms with E-state index in [1.54, 1.807) is 0 Å². The highest BCUT2D eigenvalue weighted by Crippen LogP contribution is 2.27. The van der Waals surface area contributed by atoms with Gasteiger partial charge >= 0.3 is 0 Å². The number of nitrogens with one attached hydrogen (secondary N) is 1. The van der Waals surface area contributed by atoms with Crippen LogP contribution in [0.5, 0.6) is 0 Å². The monoisotopic (exact) mass is 225 g/mol. The van der Waals surface area contributed by atoms with Crippen LogP contribution in [0.3, 0.4) is 0 Å². The van der Waals surface area contributed by atoms with Gasteiger partial charge in [-0.05, 0) is 13.0 Å². The third-order valence-electron chi connectivity index (χ3n) is 2.78. The molecule has 1 aromatic rings. The molecule has 4 heteroatoms. The van der Waals surface area contributed by atoms with Crippen LogP contribution >= 0.6 is 11.3 Å². The van der Waals surface area contributed by atoms with Gasteiger partial charge in [0.25, 0.3) is 0 Å². The lowest BCUT2D eigenvalue weighted by Gasteiger charge is -2.23. The van der Waals surface area contributed by atoms with Crippen molar-refractivity contribution in [1.29, 1.82) is 0 Å². The minimum absolute atomic E-state index is 1.03. The third kappa shape index (κ3) is 2.49. The average Bonchev–Trinajstić information content (AvgIpc) is 2.67. The molecule has 1 aromatic heterocycles. The normalized spacial score (nSPS) is 16.4. The van der Waals surface area contributed by atoms with Crippen molar-refractivity contribution in [2.24, 2.45) is 0 Å². The Kier molecular flexibility index (Phi) is 3.59. The van der Waals surface area contributed by atoms with Gasteiger partial charge in [0.2, 0.25) is 0 Å². The van der Waals surface area contributed by atoms with Crippen molar-refractivity contribution in [1.82, 2.24) is 9.88 Å². The molecule has 1 N–H and O–H groups in total. The van der Waals surface area contributed by atoms with Gasteiger partial charge in [-0.3, -0.25) is 4.90 Å². The van der Waals surface area contributed by atoms with E-state index >= 15 is 0 Å². The van der Waals surface area contributed by atoms with Crippen molar-refractivity contribution in [2.45, 2.75) is 33.2 Å². The summed E-state index contributed by atoms with van der Waals surface area (Å²) in [6.45, 7) is 8.85. The zero-order chi connectivity index (χ0) is 10.7. The summed E-state index contributed by atoms with van der Waals surface area (Å²) < 4.78 is 0. The molecule has 0 amide bonds.